The lowest BCUT2D eigenvalue weighted by Gasteiger charge is -2.46. The summed E-state index contributed by atoms with van der Waals surface area (Å²) < 4.78 is 66.7. The van der Waals surface area contributed by atoms with E-state index >= 15 is 0 Å². The van der Waals surface area contributed by atoms with Gasteiger partial charge in [0.05, 0.1) is 90.8 Å². The number of thioether (sulfide) groups is 1. The zero-order valence-electron chi connectivity index (χ0n) is 60.3. The smallest absolute Gasteiger partial charge is 0.310 e. The monoisotopic (exact) mass is 1620 g/mol. The van der Waals surface area contributed by atoms with E-state index in [0.29, 0.717) is 32.6 Å². The molecule has 4 aliphatic heterocycles. The second kappa shape index (κ2) is 38.0. The van der Waals surface area contributed by atoms with Crippen LogP contribution < -0.4 is 25.1 Å². The third kappa shape index (κ3) is 21.5. The van der Waals surface area contributed by atoms with Gasteiger partial charge in [0.25, 0.3) is 0 Å². The van der Waals surface area contributed by atoms with Gasteiger partial charge in [0.15, 0.2) is 30.3 Å². The van der Waals surface area contributed by atoms with Gasteiger partial charge >= 0.3 is 11.9 Å². The molecule has 8 rings (SSSR count). The number of carbonyl (C=O) groups excluding carboxylic acids is 5. The summed E-state index contributed by atoms with van der Waals surface area (Å²) in [6.07, 6.45) is -12.6. The van der Waals surface area contributed by atoms with Crippen molar-refractivity contribution in [3.63, 3.8) is 0 Å². The fraction of sp³-hybridized carbons (Fsp3) is 0.603. The average Bonchev–Trinajstić information content (AvgIpc) is 0.770. The molecule has 31 heteroatoms. The molecule has 0 spiro atoms. The molecule has 2 aliphatic carbocycles. The van der Waals surface area contributed by atoms with Crippen LogP contribution in [-0.4, -0.2) is 219 Å². The minimum absolute atomic E-state index is 0.00274. The molecule has 2 aromatic carbocycles. The molecule has 4 heterocycles. The number of esters is 1. The van der Waals surface area contributed by atoms with E-state index in [1.807, 2.05) is 43.4 Å². The molecule has 0 aromatic heterocycles. The van der Waals surface area contributed by atoms with Crippen molar-refractivity contribution in [2.75, 3.05) is 40.3 Å². The van der Waals surface area contributed by atoms with Crippen LogP contribution in [0.4, 0.5) is 0 Å². The molecule has 27 nitrogen and oxygen atoms in total. The average molecular weight is 1620 g/mol. The quantitative estimate of drug-likeness (QED) is 0.00770. The summed E-state index contributed by atoms with van der Waals surface area (Å²) in [6.45, 7) is 17.7. The number of aliphatic carboxylic acids is 1. The first kappa shape index (κ1) is 84.1. The number of aliphatic hydroxyl groups excluding tert-OH is 4. The maximum Gasteiger partial charge on any atom is 0.310 e. The highest BCUT2D eigenvalue weighted by molar-refractivity contribution is 14.1. The highest BCUT2D eigenvalue weighted by Gasteiger charge is 2.52. The summed E-state index contributed by atoms with van der Waals surface area (Å²) in [4.78, 5) is 85.0. The molecule has 6 aliphatic rings. The predicted octanol–water partition coefficient (Wildman–Crippen LogP) is 6.66. The lowest BCUT2D eigenvalue weighted by Crippen LogP contribution is -2.64. The number of halogens is 1. The van der Waals surface area contributed by atoms with E-state index < -0.39 is 144 Å². The van der Waals surface area contributed by atoms with E-state index in [0.717, 1.165) is 17.3 Å². The predicted molar refractivity (Wildman–Crippen MR) is 393 cm³/mol. The first-order chi connectivity index (χ1) is 49.3. The van der Waals surface area contributed by atoms with Crippen LogP contribution in [-0.2, 0) is 66.7 Å². The van der Waals surface area contributed by atoms with Crippen LogP contribution in [0, 0.1) is 52.9 Å². The molecular formula is C73H94IN3O24S3. The number of Topliss-reactive ketones (excluding diaryl/α,β-unsaturated/α-hetero) is 2. The Bertz CT molecular complexity index is 3690. The Balaban J connectivity index is 0.992. The number of hydrazone groups is 1. The number of hydroxylamine groups is 1. The number of hydrogen-bond acceptors (Lipinski definition) is 28. The third-order valence-electron chi connectivity index (χ3n) is 18.6. The minimum Gasteiger partial charge on any atom is -0.496 e. The van der Waals surface area contributed by atoms with Crippen molar-refractivity contribution in [3.05, 3.63) is 85.0 Å². The lowest BCUT2D eigenvalue weighted by molar-refractivity contribution is -0.335. The number of hydrogen-bond donors (Lipinski definition) is 8. The Morgan fingerprint density at radius 2 is 1.58 bits per heavy atom. The number of carboxylic acid groups (broad SMARTS) is 1. The van der Waals surface area contributed by atoms with E-state index in [9.17, 15) is 54.3 Å². The Morgan fingerprint density at radius 1 is 0.865 bits per heavy atom. The van der Waals surface area contributed by atoms with E-state index in [1.54, 1.807) is 71.9 Å². The van der Waals surface area contributed by atoms with E-state index in [1.165, 1.54) is 62.0 Å². The van der Waals surface area contributed by atoms with Crippen LogP contribution in [0.5, 0.6) is 17.2 Å². The maximum atomic E-state index is 14.5. The fourth-order valence-corrected chi connectivity index (χ4v) is 17.2. The fourth-order valence-electron chi connectivity index (χ4n) is 12.9. The zero-order valence-corrected chi connectivity index (χ0v) is 64.9. The van der Waals surface area contributed by atoms with Crippen LogP contribution in [0.1, 0.15) is 134 Å². The normalized spacial score (nSPS) is 31.5. The topological polar surface area (TPSA) is 371 Å². The molecule has 19 atom stereocenters. The van der Waals surface area contributed by atoms with Crippen LogP contribution in [0.3, 0.4) is 0 Å². The number of nitrogens with one attached hydrogen (secondary N) is 2. The molecule has 4 saturated heterocycles. The molecule has 4 fully saturated rings. The van der Waals surface area contributed by atoms with Crippen molar-refractivity contribution < 1.29 is 116 Å². The van der Waals surface area contributed by atoms with Gasteiger partial charge in [-0.05, 0) is 151 Å². The molecule has 8 N–H and O–H groups in total. The van der Waals surface area contributed by atoms with Crippen molar-refractivity contribution in [2.24, 2.45) is 16.9 Å². The molecule has 17 unspecified atom stereocenters. The van der Waals surface area contributed by atoms with Gasteiger partial charge in [0, 0.05) is 72.0 Å². The van der Waals surface area contributed by atoms with Crippen molar-refractivity contribution in [1.29, 1.82) is 0 Å². The molecule has 1 amide bonds. The molecule has 0 saturated carbocycles. The Hall–Kier alpha value is -5.51. The van der Waals surface area contributed by atoms with Crippen molar-refractivity contribution in [2.45, 2.75) is 228 Å². The summed E-state index contributed by atoms with van der Waals surface area (Å²) in [5, 5.41) is 70.8. The zero-order chi connectivity index (χ0) is 76.1. The van der Waals surface area contributed by atoms with Crippen molar-refractivity contribution in [1.82, 2.24) is 10.9 Å². The molecule has 2 aromatic rings. The number of carbonyl (C=O) groups is 6. The largest absolute Gasteiger partial charge is 0.496 e. The molecule has 2 bridgehead atoms. The number of ether oxygens (including phenoxy) is 11. The summed E-state index contributed by atoms with van der Waals surface area (Å²) in [6, 6.07) is 5.88. The highest BCUT2D eigenvalue weighted by atomic mass is 127. The number of carboxylic acids is 1. The molecule has 104 heavy (non-hydrogen) atoms. The van der Waals surface area contributed by atoms with Gasteiger partial charge in [0.2, 0.25) is 17.3 Å². The van der Waals surface area contributed by atoms with E-state index in [-0.39, 0.29) is 108 Å². The van der Waals surface area contributed by atoms with Gasteiger partial charge in [-0.2, -0.15) is 10.6 Å². The maximum absolute atomic E-state index is 14.5. The highest BCUT2D eigenvalue weighted by Crippen LogP contribution is 2.46. The van der Waals surface area contributed by atoms with Crippen LogP contribution in [0.2, 0.25) is 0 Å². The molecular weight excluding hydrogens is 1530 g/mol. The first-order valence-corrected chi connectivity index (χ1v) is 38.4. The number of nitrogens with zero attached hydrogens (tertiary/aromatic N) is 1. The second-order valence-corrected chi connectivity index (χ2v) is 32.3. The number of allylic oxidation sites excluding steroid dienone is 2. The lowest BCUT2D eigenvalue weighted by atomic mass is 9.72. The van der Waals surface area contributed by atoms with Crippen molar-refractivity contribution in [3.8, 4) is 40.9 Å². The first-order valence-electron chi connectivity index (χ1n) is 34.1. The van der Waals surface area contributed by atoms with Gasteiger partial charge < -0.3 is 87.5 Å². The summed E-state index contributed by atoms with van der Waals surface area (Å²) in [7, 11) is 6.65. The van der Waals surface area contributed by atoms with E-state index in [2.05, 4.69) is 39.7 Å². The van der Waals surface area contributed by atoms with Crippen molar-refractivity contribution >= 4 is 96.2 Å². The number of amides is 1. The summed E-state index contributed by atoms with van der Waals surface area (Å²) in [5.74, 6) is 9.87. The Morgan fingerprint density at radius 3 is 2.24 bits per heavy atom. The van der Waals surface area contributed by atoms with Gasteiger partial charge in [-0.25, -0.2) is 5.43 Å². The molecule has 0 radical (unpaired) electrons. The summed E-state index contributed by atoms with van der Waals surface area (Å²) in [5.41, 5.74) is 5.76. The number of benzene rings is 2. The van der Waals surface area contributed by atoms with Gasteiger partial charge in [-0.1, -0.05) is 70.0 Å². The number of rotatable bonds is 30. The van der Waals surface area contributed by atoms with Crippen LogP contribution in [0.15, 0.2) is 64.3 Å². The standard InChI is InChI=1S/C73H94IN3O24S3/c1-36-29-55(94-35-45(36)30-37(2)78)99-67-62(86)60(77-101-56-32-49(79)68(43(8)95-56)103-69(88)57-38(3)59(74)65(39(4)64(57)91-12)100-70-63(87)66(92-13)61(85)42(7)97-70)41(6)96-71(67)98-51-19-16-14-15-17-26-73(89)33-50(80)47(31-54(84)90-11)58(51)48(73)25-28-102-104-72(9,10)34-52(81)76-75-40(5)44-21-23-46(24-22-44)93-27-18-20-53(82)83/h14-15,21-25,36,41-43,45,49,51,55-56,60-63,66-68,70-71,77,79,85-87,89H,18,20,27-35H2,1-13H3,(H,76,81)(H,82,83)/b15-14-,48-25-,75-40+/t36?,41?,42?,43?,45?,49?,51-,55?,56?,60?,61?,62?,63?,66?,67?,68?,70?,71?,73-/m0/s1. The van der Waals surface area contributed by atoms with E-state index in [4.69, 9.17) is 62.0 Å². The van der Waals surface area contributed by atoms with Gasteiger partial charge in [0.1, 0.15) is 59.7 Å². The van der Waals surface area contributed by atoms with Gasteiger partial charge in [-0.3, -0.25) is 28.8 Å². The number of ketones is 2. The van der Waals surface area contributed by atoms with Crippen LogP contribution >= 0.6 is 55.9 Å². The third-order valence-corrected chi connectivity index (χ3v) is 24.4. The number of fused-ring (bicyclic) bond motifs is 2. The Kier molecular flexibility index (Phi) is 30.8. The summed E-state index contributed by atoms with van der Waals surface area (Å²) >= 11 is 2.90. The van der Waals surface area contributed by atoms with Gasteiger partial charge in [-0.15, -0.1) is 0 Å². The molecule has 570 valence electrons. The Labute approximate surface area is 631 Å². The van der Waals surface area contributed by atoms with Crippen LogP contribution in [0.25, 0.3) is 0 Å². The number of aliphatic hydroxyl groups is 5. The number of methoxy groups -OCH3 is 3. The minimum atomic E-state index is -2.17. The SMILES string of the molecule is COC(=O)CC1=C2/C(=C/CSSC(C)(C)CC(=O)N/N=C(\C)c3ccc(OCCCC(=O)O)cc3)[C@](O)(C#C/C=C\C#C[C@@H]2OC2OC(C)C(NOC3CC(O)C(SC(=O)c4c(C)c(I)c(OC5OC(C)C(O)C(OC)C5O)c(C)c4OC)C(C)O3)C(O)C2OC2CC(C)C(CC(C)=O)CO2)CC1=O. The second-order valence-electron chi connectivity index (χ2n) is 27.0.